The SMILES string of the molecule is CC(=O)Nc1ccc(C)c(NC(C)c2ccco2)c1. The van der Waals surface area contributed by atoms with Gasteiger partial charge in [0.1, 0.15) is 5.76 Å². The van der Waals surface area contributed by atoms with Gasteiger partial charge < -0.3 is 15.1 Å². The van der Waals surface area contributed by atoms with Crippen molar-refractivity contribution in [1.29, 1.82) is 0 Å². The summed E-state index contributed by atoms with van der Waals surface area (Å²) in [6.07, 6.45) is 1.66. The average molecular weight is 258 g/mol. The molecule has 0 saturated heterocycles. The van der Waals surface area contributed by atoms with Crippen LogP contribution < -0.4 is 10.6 Å². The van der Waals surface area contributed by atoms with E-state index in [1.807, 2.05) is 44.2 Å². The van der Waals surface area contributed by atoms with Crippen molar-refractivity contribution in [2.45, 2.75) is 26.8 Å². The summed E-state index contributed by atoms with van der Waals surface area (Å²) in [6.45, 7) is 5.55. The monoisotopic (exact) mass is 258 g/mol. The van der Waals surface area contributed by atoms with Gasteiger partial charge in [0.25, 0.3) is 0 Å². The number of amides is 1. The number of anilines is 2. The summed E-state index contributed by atoms with van der Waals surface area (Å²) in [5.74, 6) is 0.804. The fraction of sp³-hybridized carbons (Fsp3) is 0.267. The second kappa shape index (κ2) is 5.61. The topological polar surface area (TPSA) is 54.3 Å². The molecule has 0 fully saturated rings. The summed E-state index contributed by atoms with van der Waals surface area (Å²) in [6, 6.07) is 9.66. The van der Waals surface area contributed by atoms with E-state index in [1.165, 1.54) is 6.92 Å². The molecule has 1 heterocycles. The molecule has 1 amide bonds. The maximum atomic E-state index is 11.1. The van der Waals surface area contributed by atoms with E-state index in [0.29, 0.717) is 0 Å². The smallest absolute Gasteiger partial charge is 0.221 e. The molecule has 1 atom stereocenters. The third-order valence-corrected chi connectivity index (χ3v) is 2.90. The number of aryl methyl sites for hydroxylation is 1. The van der Waals surface area contributed by atoms with Gasteiger partial charge in [0.05, 0.1) is 12.3 Å². The van der Waals surface area contributed by atoms with Crippen LogP contribution in [0.5, 0.6) is 0 Å². The Labute approximate surface area is 112 Å². The number of hydrogen-bond donors (Lipinski definition) is 2. The molecule has 0 bridgehead atoms. The van der Waals surface area contributed by atoms with Crippen LogP contribution in [0.1, 0.15) is 31.2 Å². The van der Waals surface area contributed by atoms with Gasteiger partial charge in [-0.3, -0.25) is 4.79 Å². The van der Waals surface area contributed by atoms with Crippen LogP contribution in [0.3, 0.4) is 0 Å². The summed E-state index contributed by atoms with van der Waals surface area (Å²) < 4.78 is 5.37. The van der Waals surface area contributed by atoms with Gasteiger partial charge in [-0.05, 0) is 43.7 Å². The fourth-order valence-corrected chi connectivity index (χ4v) is 1.90. The van der Waals surface area contributed by atoms with E-state index in [1.54, 1.807) is 6.26 Å². The van der Waals surface area contributed by atoms with Gasteiger partial charge in [0, 0.05) is 18.3 Å². The van der Waals surface area contributed by atoms with Crippen LogP contribution in [0.4, 0.5) is 11.4 Å². The van der Waals surface area contributed by atoms with Crippen LogP contribution in [0.15, 0.2) is 41.0 Å². The molecule has 4 nitrogen and oxygen atoms in total. The number of rotatable bonds is 4. The molecule has 2 aromatic rings. The molecule has 0 spiro atoms. The lowest BCUT2D eigenvalue weighted by Crippen LogP contribution is -2.09. The van der Waals surface area contributed by atoms with Gasteiger partial charge in [0.15, 0.2) is 0 Å². The molecule has 0 saturated carbocycles. The van der Waals surface area contributed by atoms with E-state index in [2.05, 4.69) is 10.6 Å². The van der Waals surface area contributed by atoms with Gasteiger partial charge >= 0.3 is 0 Å². The van der Waals surface area contributed by atoms with Crippen molar-refractivity contribution in [3.05, 3.63) is 47.9 Å². The maximum Gasteiger partial charge on any atom is 0.221 e. The number of benzene rings is 1. The van der Waals surface area contributed by atoms with E-state index < -0.39 is 0 Å². The van der Waals surface area contributed by atoms with Gasteiger partial charge in [-0.2, -0.15) is 0 Å². The van der Waals surface area contributed by atoms with E-state index >= 15 is 0 Å². The Morgan fingerprint density at radius 1 is 1.32 bits per heavy atom. The molecule has 0 aliphatic heterocycles. The molecule has 1 aromatic carbocycles. The van der Waals surface area contributed by atoms with E-state index in [0.717, 1.165) is 22.7 Å². The minimum Gasteiger partial charge on any atom is -0.467 e. The zero-order chi connectivity index (χ0) is 13.8. The lowest BCUT2D eigenvalue weighted by molar-refractivity contribution is -0.114. The van der Waals surface area contributed by atoms with Crippen LogP contribution in [0.2, 0.25) is 0 Å². The summed E-state index contributed by atoms with van der Waals surface area (Å²) in [5, 5.41) is 6.16. The molecule has 19 heavy (non-hydrogen) atoms. The van der Waals surface area contributed by atoms with Crippen molar-refractivity contribution < 1.29 is 9.21 Å². The minimum absolute atomic E-state index is 0.0706. The third-order valence-electron chi connectivity index (χ3n) is 2.90. The lowest BCUT2D eigenvalue weighted by atomic mass is 10.1. The van der Waals surface area contributed by atoms with E-state index in [-0.39, 0.29) is 11.9 Å². The van der Waals surface area contributed by atoms with Crippen molar-refractivity contribution in [3.63, 3.8) is 0 Å². The standard InChI is InChI=1S/C15H18N2O2/c1-10-6-7-13(17-12(3)18)9-14(10)16-11(2)15-5-4-8-19-15/h4-9,11,16H,1-3H3,(H,17,18). The van der Waals surface area contributed by atoms with Gasteiger partial charge in [-0.15, -0.1) is 0 Å². The normalized spacial score (nSPS) is 11.9. The van der Waals surface area contributed by atoms with Crippen molar-refractivity contribution in [3.8, 4) is 0 Å². The van der Waals surface area contributed by atoms with Crippen molar-refractivity contribution >= 4 is 17.3 Å². The number of carbonyl (C=O) groups is 1. The largest absolute Gasteiger partial charge is 0.467 e. The molecular weight excluding hydrogens is 240 g/mol. The first kappa shape index (κ1) is 13.2. The summed E-state index contributed by atoms with van der Waals surface area (Å²) in [7, 11) is 0. The third kappa shape index (κ3) is 3.37. The Balaban J connectivity index is 2.17. The Morgan fingerprint density at radius 2 is 2.11 bits per heavy atom. The zero-order valence-corrected chi connectivity index (χ0v) is 11.4. The van der Waals surface area contributed by atoms with Crippen LogP contribution in [-0.4, -0.2) is 5.91 Å². The highest BCUT2D eigenvalue weighted by Crippen LogP contribution is 2.25. The highest BCUT2D eigenvalue weighted by Gasteiger charge is 2.10. The van der Waals surface area contributed by atoms with Crippen LogP contribution in [-0.2, 0) is 4.79 Å². The first-order valence-electron chi connectivity index (χ1n) is 6.24. The van der Waals surface area contributed by atoms with E-state index in [9.17, 15) is 4.79 Å². The van der Waals surface area contributed by atoms with Crippen molar-refractivity contribution in [2.75, 3.05) is 10.6 Å². The molecule has 1 aromatic heterocycles. The molecule has 0 radical (unpaired) electrons. The predicted octanol–water partition coefficient (Wildman–Crippen LogP) is 3.72. The molecule has 0 aliphatic rings. The molecule has 1 unspecified atom stereocenters. The Bertz CT molecular complexity index is 562. The van der Waals surface area contributed by atoms with Gasteiger partial charge in [-0.25, -0.2) is 0 Å². The maximum absolute atomic E-state index is 11.1. The Kier molecular flexibility index (Phi) is 3.90. The minimum atomic E-state index is -0.0751. The molecular formula is C15H18N2O2. The van der Waals surface area contributed by atoms with Crippen molar-refractivity contribution in [2.24, 2.45) is 0 Å². The van der Waals surface area contributed by atoms with E-state index in [4.69, 9.17) is 4.42 Å². The zero-order valence-electron chi connectivity index (χ0n) is 11.4. The molecule has 0 aliphatic carbocycles. The molecule has 100 valence electrons. The second-order valence-corrected chi connectivity index (χ2v) is 4.59. The number of carbonyl (C=O) groups excluding carboxylic acids is 1. The molecule has 2 rings (SSSR count). The predicted molar refractivity (Wildman–Crippen MR) is 76.2 cm³/mol. The Hall–Kier alpha value is -2.23. The first-order chi connectivity index (χ1) is 9.06. The van der Waals surface area contributed by atoms with Crippen LogP contribution in [0, 0.1) is 6.92 Å². The quantitative estimate of drug-likeness (QED) is 0.878. The Morgan fingerprint density at radius 3 is 2.74 bits per heavy atom. The average Bonchev–Trinajstić information content (AvgIpc) is 2.86. The van der Waals surface area contributed by atoms with Crippen molar-refractivity contribution in [1.82, 2.24) is 0 Å². The van der Waals surface area contributed by atoms with Crippen LogP contribution in [0.25, 0.3) is 0 Å². The number of nitrogens with one attached hydrogen (secondary N) is 2. The number of hydrogen-bond acceptors (Lipinski definition) is 3. The first-order valence-corrected chi connectivity index (χ1v) is 6.24. The lowest BCUT2D eigenvalue weighted by Gasteiger charge is -2.16. The summed E-state index contributed by atoms with van der Waals surface area (Å²) >= 11 is 0. The summed E-state index contributed by atoms with van der Waals surface area (Å²) in [4.78, 5) is 11.1. The highest BCUT2D eigenvalue weighted by atomic mass is 16.3. The number of furan rings is 1. The summed E-state index contributed by atoms with van der Waals surface area (Å²) in [5.41, 5.74) is 2.88. The molecule has 4 heteroatoms. The fourth-order valence-electron chi connectivity index (χ4n) is 1.90. The van der Waals surface area contributed by atoms with Crippen LogP contribution >= 0.6 is 0 Å². The highest BCUT2D eigenvalue weighted by molar-refractivity contribution is 5.89. The molecule has 2 N–H and O–H groups in total. The van der Waals surface area contributed by atoms with Gasteiger partial charge in [0.2, 0.25) is 5.91 Å². The second-order valence-electron chi connectivity index (χ2n) is 4.59. The van der Waals surface area contributed by atoms with Gasteiger partial charge in [-0.1, -0.05) is 6.07 Å².